The van der Waals surface area contributed by atoms with Gasteiger partial charge in [-0.25, -0.2) is 9.97 Å². The number of rotatable bonds is 5. The fourth-order valence-corrected chi connectivity index (χ4v) is 2.61. The van der Waals surface area contributed by atoms with Crippen LogP contribution >= 0.6 is 0 Å². The number of anilines is 1. The Hall–Kier alpha value is -3.41. The van der Waals surface area contributed by atoms with E-state index in [2.05, 4.69) is 15.3 Å². The van der Waals surface area contributed by atoms with Gasteiger partial charge in [0, 0.05) is 18.0 Å². The maximum absolute atomic E-state index is 12.7. The zero-order valence-corrected chi connectivity index (χ0v) is 13.7. The van der Waals surface area contributed by atoms with Crippen molar-refractivity contribution in [2.45, 2.75) is 6.04 Å². The molecule has 1 aromatic heterocycles. The zero-order valence-electron chi connectivity index (χ0n) is 13.7. The molecule has 126 valence electrons. The van der Waals surface area contributed by atoms with Gasteiger partial charge in [0.2, 0.25) is 0 Å². The van der Waals surface area contributed by atoms with Gasteiger partial charge in [-0.1, -0.05) is 48.5 Å². The van der Waals surface area contributed by atoms with Crippen molar-refractivity contribution in [2.24, 2.45) is 0 Å². The van der Waals surface area contributed by atoms with E-state index >= 15 is 0 Å². The molecule has 0 aliphatic carbocycles. The van der Waals surface area contributed by atoms with Crippen LogP contribution in [0.3, 0.4) is 0 Å². The molecular weight excluding hydrogens is 316 g/mol. The summed E-state index contributed by atoms with van der Waals surface area (Å²) in [6.45, 7) is 0. The maximum atomic E-state index is 12.7. The molecular formula is C19H18N4O2. The van der Waals surface area contributed by atoms with E-state index in [1.165, 1.54) is 12.4 Å². The molecule has 0 bridgehead atoms. The van der Waals surface area contributed by atoms with Crippen molar-refractivity contribution in [3.05, 3.63) is 83.8 Å². The van der Waals surface area contributed by atoms with Crippen LogP contribution in [0.15, 0.2) is 67.0 Å². The second-order valence-electron chi connectivity index (χ2n) is 5.35. The van der Waals surface area contributed by atoms with E-state index in [1.807, 2.05) is 54.6 Å². The third-order valence-corrected chi connectivity index (χ3v) is 3.80. The van der Waals surface area contributed by atoms with Gasteiger partial charge in [-0.2, -0.15) is 0 Å². The predicted octanol–water partition coefficient (Wildman–Crippen LogP) is 2.59. The Bertz CT molecular complexity index is 868. The number of nitrogens with zero attached hydrogens (tertiary/aromatic N) is 2. The lowest BCUT2D eigenvalue weighted by atomic mass is 9.97. The standard InChI is InChI=1S/C19H18N4O2/c1-25-15-10-6-5-9-14(15)16(13-7-3-2-4-8-13)23-19(24)17-18(20)22-12-11-21-17/h2-12,16H,1H3,(H2,20,22)(H,23,24). The van der Waals surface area contributed by atoms with Crippen molar-refractivity contribution in [2.75, 3.05) is 12.8 Å². The van der Waals surface area contributed by atoms with Crippen LogP contribution in [0.2, 0.25) is 0 Å². The number of methoxy groups -OCH3 is 1. The molecule has 3 aromatic rings. The summed E-state index contributed by atoms with van der Waals surface area (Å²) in [4.78, 5) is 20.6. The second-order valence-corrected chi connectivity index (χ2v) is 5.35. The molecule has 1 amide bonds. The number of ether oxygens (including phenoxy) is 1. The molecule has 0 radical (unpaired) electrons. The average Bonchev–Trinajstić information content (AvgIpc) is 2.67. The molecule has 0 fully saturated rings. The summed E-state index contributed by atoms with van der Waals surface area (Å²) in [5, 5.41) is 2.98. The van der Waals surface area contributed by atoms with E-state index in [4.69, 9.17) is 10.5 Å². The summed E-state index contributed by atoms with van der Waals surface area (Å²) < 4.78 is 5.45. The zero-order chi connectivity index (χ0) is 17.6. The predicted molar refractivity (Wildman–Crippen MR) is 95.2 cm³/mol. The molecule has 1 atom stereocenters. The highest BCUT2D eigenvalue weighted by atomic mass is 16.5. The van der Waals surface area contributed by atoms with Gasteiger partial charge in [0.1, 0.15) is 5.75 Å². The topological polar surface area (TPSA) is 90.1 Å². The first-order valence-electron chi connectivity index (χ1n) is 7.76. The van der Waals surface area contributed by atoms with Crippen LogP contribution in [0.5, 0.6) is 5.75 Å². The molecule has 1 heterocycles. The van der Waals surface area contributed by atoms with Gasteiger partial charge in [0.25, 0.3) is 5.91 Å². The first-order chi connectivity index (χ1) is 12.2. The Balaban J connectivity index is 2.01. The summed E-state index contributed by atoms with van der Waals surface area (Å²) in [6, 6.07) is 16.8. The molecule has 3 rings (SSSR count). The lowest BCUT2D eigenvalue weighted by molar-refractivity contribution is 0.0938. The summed E-state index contributed by atoms with van der Waals surface area (Å²) in [5.74, 6) is 0.376. The number of aromatic nitrogens is 2. The Morgan fingerprint density at radius 1 is 1.04 bits per heavy atom. The fourth-order valence-electron chi connectivity index (χ4n) is 2.61. The molecule has 3 N–H and O–H groups in total. The van der Waals surface area contributed by atoms with Gasteiger partial charge in [-0.05, 0) is 11.6 Å². The summed E-state index contributed by atoms with van der Waals surface area (Å²) >= 11 is 0. The minimum Gasteiger partial charge on any atom is -0.496 e. The summed E-state index contributed by atoms with van der Waals surface area (Å²) in [6.07, 6.45) is 2.88. The number of hydrogen-bond donors (Lipinski definition) is 2. The molecule has 25 heavy (non-hydrogen) atoms. The normalized spacial score (nSPS) is 11.6. The van der Waals surface area contributed by atoms with E-state index in [1.54, 1.807) is 7.11 Å². The average molecular weight is 334 g/mol. The lowest BCUT2D eigenvalue weighted by Crippen LogP contribution is -2.31. The maximum Gasteiger partial charge on any atom is 0.274 e. The van der Waals surface area contributed by atoms with Crippen LogP contribution < -0.4 is 15.8 Å². The highest BCUT2D eigenvalue weighted by molar-refractivity contribution is 5.96. The molecule has 0 spiro atoms. The van der Waals surface area contributed by atoms with Crippen LogP contribution in [-0.2, 0) is 0 Å². The van der Waals surface area contributed by atoms with Crippen molar-refractivity contribution in [1.29, 1.82) is 0 Å². The van der Waals surface area contributed by atoms with E-state index in [0.717, 1.165) is 11.1 Å². The van der Waals surface area contributed by atoms with Crippen LogP contribution in [0.1, 0.15) is 27.7 Å². The number of benzene rings is 2. The Labute approximate surface area is 145 Å². The van der Waals surface area contributed by atoms with Gasteiger partial charge in [0.05, 0.1) is 13.2 Å². The van der Waals surface area contributed by atoms with Crippen LogP contribution in [-0.4, -0.2) is 23.0 Å². The molecule has 2 aromatic carbocycles. The molecule has 0 aliphatic heterocycles. The van der Waals surface area contributed by atoms with E-state index in [-0.39, 0.29) is 11.5 Å². The number of hydrogen-bond acceptors (Lipinski definition) is 5. The highest BCUT2D eigenvalue weighted by Crippen LogP contribution is 2.30. The third kappa shape index (κ3) is 3.58. The van der Waals surface area contributed by atoms with E-state index in [9.17, 15) is 4.79 Å². The number of nitrogens with two attached hydrogens (primary N) is 1. The Morgan fingerprint density at radius 2 is 1.72 bits per heavy atom. The number of nitrogen functional groups attached to an aromatic ring is 1. The van der Waals surface area contributed by atoms with Crippen molar-refractivity contribution < 1.29 is 9.53 Å². The van der Waals surface area contributed by atoms with Crippen LogP contribution in [0.25, 0.3) is 0 Å². The van der Waals surface area contributed by atoms with Gasteiger partial charge in [0.15, 0.2) is 11.5 Å². The number of carbonyl (C=O) groups is 1. The molecule has 6 nitrogen and oxygen atoms in total. The molecule has 0 aliphatic rings. The van der Waals surface area contributed by atoms with Crippen molar-refractivity contribution in [1.82, 2.24) is 15.3 Å². The fraction of sp³-hybridized carbons (Fsp3) is 0.105. The summed E-state index contributed by atoms with van der Waals surface area (Å²) in [7, 11) is 1.60. The van der Waals surface area contributed by atoms with Crippen LogP contribution in [0.4, 0.5) is 5.82 Å². The smallest absolute Gasteiger partial charge is 0.274 e. The Morgan fingerprint density at radius 3 is 2.44 bits per heavy atom. The monoisotopic (exact) mass is 334 g/mol. The number of nitrogens with one attached hydrogen (secondary N) is 1. The third-order valence-electron chi connectivity index (χ3n) is 3.80. The first-order valence-corrected chi connectivity index (χ1v) is 7.76. The number of para-hydroxylation sites is 1. The molecule has 0 saturated heterocycles. The van der Waals surface area contributed by atoms with E-state index < -0.39 is 11.9 Å². The minimum atomic E-state index is -0.411. The minimum absolute atomic E-state index is 0.0897. The van der Waals surface area contributed by atoms with Crippen molar-refractivity contribution in [3.63, 3.8) is 0 Å². The van der Waals surface area contributed by atoms with E-state index in [0.29, 0.717) is 5.75 Å². The highest BCUT2D eigenvalue weighted by Gasteiger charge is 2.22. The van der Waals surface area contributed by atoms with Crippen LogP contribution in [0, 0.1) is 0 Å². The Kier molecular flexibility index (Phi) is 4.89. The van der Waals surface area contributed by atoms with Gasteiger partial charge >= 0.3 is 0 Å². The summed E-state index contributed by atoms with van der Waals surface area (Å²) in [5.41, 5.74) is 7.63. The number of carbonyl (C=O) groups excluding carboxylic acids is 1. The number of amides is 1. The van der Waals surface area contributed by atoms with Gasteiger partial charge in [-0.3, -0.25) is 4.79 Å². The quantitative estimate of drug-likeness (QED) is 0.748. The van der Waals surface area contributed by atoms with Gasteiger partial charge < -0.3 is 15.8 Å². The van der Waals surface area contributed by atoms with Crippen molar-refractivity contribution in [3.8, 4) is 5.75 Å². The first kappa shape index (κ1) is 16.4. The molecule has 0 saturated carbocycles. The van der Waals surface area contributed by atoms with Crippen molar-refractivity contribution >= 4 is 11.7 Å². The second kappa shape index (κ2) is 7.44. The molecule has 1 unspecified atom stereocenters. The SMILES string of the molecule is COc1ccccc1C(NC(=O)c1nccnc1N)c1ccccc1. The van der Waals surface area contributed by atoms with Gasteiger partial charge in [-0.15, -0.1) is 0 Å². The lowest BCUT2D eigenvalue weighted by Gasteiger charge is -2.22. The molecule has 6 heteroatoms. The largest absolute Gasteiger partial charge is 0.496 e.